The molecule has 1 heteroatoms. The van der Waals surface area contributed by atoms with Crippen LogP contribution in [0.1, 0.15) is 13.8 Å². The van der Waals surface area contributed by atoms with E-state index in [1.54, 1.807) is 6.08 Å². The molecule has 0 rings (SSSR count). The lowest BCUT2D eigenvalue weighted by Crippen LogP contribution is -1.82. The Hall–Kier alpha value is -0.850. The number of carbonyl (C=O) groups excluding carboxylic acids is 1. The van der Waals surface area contributed by atoms with Gasteiger partial charge in [0.05, 0.1) is 0 Å². The lowest BCUT2D eigenvalue weighted by molar-refractivity contribution is -0.104. The molecule has 0 heterocycles. The van der Waals surface area contributed by atoms with Gasteiger partial charge in [0, 0.05) is 5.57 Å². The van der Waals surface area contributed by atoms with E-state index >= 15 is 0 Å². The summed E-state index contributed by atoms with van der Waals surface area (Å²) in [6.45, 7) is 7.22. The fourth-order valence-corrected chi connectivity index (χ4v) is 0.415. The van der Waals surface area contributed by atoms with E-state index in [1.807, 2.05) is 13.8 Å². The number of aldehydes is 1. The van der Waals surface area contributed by atoms with Crippen LogP contribution in [-0.4, -0.2) is 6.29 Å². The minimum atomic E-state index is 0.685. The first kappa shape index (κ1) is 7.15. The summed E-state index contributed by atoms with van der Waals surface area (Å²) in [5, 5.41) is 0. The highest BCUT2D eigenvalue weighted by Crippen LogP contribution is 2.00. The third-order valence-corrected chi connectivity index (χ3v) is 0.931. The molecular weight excluding hydrogens is 100 g/mol. The summed E-state index contributed by atoms with van der Waals surface area (Å²) in [5.74, 6) is 0. The minimum absolute atomic E-state index is 0.685. The van der Waals surface area contributed by atoms with Crippen molar-refractivity contribution in [1.29, 1.82) is 0 Å². The van der Waals surface area contributed by atoms with Crippen molar-refractivity contribution in [2.75, 3.05) is 0 Å². The maximum absolute atomic E-state index is 10.0. The lowest BCUT2D eigenvalue weighted by Gasteiger charge is -1.90. The van der Waals surface area contributed by atoms with Crippen LogP contribution in [-0.2, 0) is 4.79 Å². The van der Waals surface area contributed by atoms with Crippen molar-refractivity contribution in [2.24, 2.45) is 0 Å². The van der Waals surface area contributed by atoms with Crippen LogP contribution in [0.15, 0.2) is 23.8 Å². The Morgan fingerprint density at radius 1 is 1.62 bits per heavy atom. The number of hydrogen-bond acceptors (Lipinski definition) is 1. The van der Waals surface area contributed by atoms with Crippen LogP contribution < -0.4 is 0 Å². The van der Waals surface area contributed by atoms with E-state index in [0.29, 0.717) is 5.57 Å². The monoisotopic (exact) mass is 110 g/mol. The third-order valence-electron chi connectivity index (χ3n) is 0.931. The number of rotatable bonds is 2. The molecule has 0 spiro atoms. The van der Waals surface area contributed by atoms with Crippen molar-refractivity contribution >= 4 is 6.29 Å². The van der Waals surface area contributed by atoms with E-state index in [1.165, 1.54) is 0 Å². The van der Waals surface area contributed by atoms with Gasteiger partial charge >= 0.3 is 0 Å². The van der Waals surface area contributed by atoms with Crippen molar-refractivity contribution in [2.45, 2.75) is 13.8 Å². The predicted molar refractivity (Wildman–Crippen MR) is 34.6 cm³/mol. The van der Waals surface area contributed by atoms with E-state index in [-0.39, 0.29) is 0 Å². The van der Waals surface area contributed by atoms with Gasteiger partial charge in [0.15, 0.2) is 0 Å². The van der Waals surface area contributed by atoms with E-state index in [2.05, 4.69) is 6.58 Å². The second-order valence-corrected chi connectivity index (χ2v) is 1.64. The van der Waals surface area contributed by atoms with Gasteiger partial charge in [-0.25, -0.2) is 0 Å². The molecule has 0 aliphatic heterocycles. The molecule has 44 valence electrons. The lowest BCUT2D eigenvalue weighted by atomic mass is 10.1. The largest absolute Gasteiger partial charge is 0.298 e. The molecule has 0 aromatic rings. The predicted octanol–water partition coefficient (Wildman–Crippen LogP) is 1.71. The molecule has 0 bridgehead atoms. The van der Waals surface area contributed by atoms with Gasteiger partial charge in [-0.2, -0.15) is 0 Å². The van der Waals surface area contributed by atoms with Gasteiger partial charge in [-0.1, -0.05) is 12.7 Å². The van der Waals surface area contributed by atoms with Gasteiger partial charge in [-0.3, -0.25) is 4.79 Å². The molecule has 0 amide bonds. The minimum Gasteiger partial charge on any atom is -0.298 e. The smallest absolute Gasteiger partial charge is 0.149 e. The second-order valence-electron chi connectivity index (χ2n) is 1.64. The molecule has 0 N–H and O–H groups in total. The Balaban J connectivity index is 4.13. The van der Waals surface area contributed by atoms with E-state index < -0.39 is 0 Å². The molecule has 0 aliphatic carbocycles. The summed E-state index contributed by atoms with van der Waals surface area (Å²) >= 11 is 0. The van der Waals surface area contributed by atoms with E-state index in [9.17, 15) is 4.79 Å². The maximum Gasteiger partial charge on any atom is 0.149 e. The second kappa shape index (κ2) is 3.19. The summed E-state index contributed by atoms with van der Waals surface area (Å²) in [4.78, 5) is 10.0. The van der Waals surface area contributed by atoms with Gasteiger partial charge in [0.1, 0.15) is 6.29 Å². The zero-order valence-electron chi connectivity index (χ0n) is 5.27. The molecule has 8 heavy (non-hydrogen) atoms. The van der Waals surface area contributed by atoms with Crippen molar-refractivity contribution < 1.29 is 4.79 Å². The van der Waals surface area contributed by atoms with Crippen molar-refractivity contribution in [3.63, 3.8) is 0 Å². The fraction of sp³-hybridized carbons (Fsp3) is 0.286. The zero-order chi connectivity index (χ0) is 6.57. The Labute approximate surface area is 49.7 Å². The molecular formula is C7H10O. The van der Waals surface area contributed by atoms with E-state index in [0.717, 1.165) is 11.9 Å². The summed E-state index contributed by atoms with van der Waals surface area (Å²) in [6.07, 6.45) is 2.55. The first-order valence-corrected chi connectivity index (χ1v) is 2.49. The van der Waals surface area contributed by atoms with Crippen LogP contribution in [0.25, 0.3) is 0 Å². The fourth-order valence-electron chi connectivity index (χ4n) is 0.415. The van der Waals surface area contributed by atoms with Crippen LogP contribution >= 0.6 is 0 Å². The molecule has 0 saturated heterocycles. The molecule has 0 saturated carbocycles. The van der Waals surface area contributed by atoms with Gasteiger partial charge in [0.25, 0.3) is 0 Å². The Bertz CT molecular complexity index is 131. The highest BCUT2D eigenvalue weighted by molar-refractivity contribution is 5.79. The summed E-state index contributed by atoms with van der Waals surface area (Å²) in [5.41, 5.74) is 1.51. The van der Waals surface area contributed by atoms with Crippen LogP contribution in [0.3, 0.4) is 0 Å². The van der Waals surface area contributed by atoms with Crippen molar-refractivity contribution in [3.8, 4) is 0 Å². The van der Waals surface area contributed by atoms with Crippen molar-refractivity contribution in [3.05, 3.63) is 23.8 Å². The van der Waals surface area contributed by atoms with Gasteiger partial charge in [-0.15, -0.1) is 0 Å². The molecule has 0 fully saturated rings. The van der Waals surface area contributed by atoms with Crippen LogP contribution in [0, 0.1) is 0 Å². The average Bonchev–Trinajstić information content (AvgIpc) is 1.69. The molecule has 0 aliphatic rings. The van der Waals surface area contributed by atoms with Crippen LogP contribution in [0.5, 0.6) is 0 Å². The third kappa shape index (κ3) is 1.73. The highest BCUT2D eigenvalue weighted by Gasteiger charge is 1.89. The highest BCUT2D eigenvalue weighted by atomic mass is 16.1. The Kier molecular flexibility index (Phi) is 2.85. The SMILES string of the molecule is C=C(C)/C(C=O)=C/C. The van der Waals surface area contributed by atoms with Crippen LogP contribution in [0.4, 0.5) is 0 Å². The first-order chi connectivity index (χ1) is 3.72. The van der Waals surface area contributed by atoms with E-state index in [4.69, 9.17) is 0 Å². The number of allylic oxidation sites excluding steroid dienone is 3. The summed E-state index contributed by atoms with van der Waals surface area (Å²) in [6, 6.07) is 0. The summed E-state index contributed by atoms with van der Waals surface area (Å²) in [7, 11) is 0. The average molecular weight is 110 g/mol. The molecule has 0 unspecified atom stereocenters. The van der Waals surface area contributed by atoms with Crippen molar-refractivity contribution in [1.82, 2.24) is 0 Å². The maximum atomic E-state index is 10.0. The standard InChI is InChI=1S/C7H10O/c1-4-7(5-8)6(2)3/h4-5H,2H2,1,3H3/b7-4+. The van der Waals surface area contributed by atoms with Gasteiger partial charge in [0.2, 0.25) is 0 Å². The van der Waals surface area contributed by atoms with Gasteiger partial charge in [-0.05, 0) is 19.4 Å². The molecule has 0 radical (unpaired) electrons. The van der Waals surface area contributed by atoms with Crippen LogP contribution in [0.2, 0.25) is 0 Å². The zero-order valence-corrected chi connectivity index (χ0v) is 5.27. The normalized spacial score (nSPS) is 11.0. The Morgan fingerprint density at radius 3 is 2.12 bits per heavy atom. The molecule has 1 nitrogen and oxygen atoms in total. The quantitative estimate of drug-likeness (QED) is 0.300. The molecule has 0 atom stereocenters. The van der Waals surface area contributed by atoms with Gasteiger partial charge < -0.3 is 0 Å². The molecule has 0 aromatic heterocycles. The summed E-state index contributed by atoms with van der Waals surface area (Å²) < 4.78 is 0. The molecule has 0 aromatic carbocycles. The number of carbonyl (C=O) groups is 1. The first-order valence-electron chi connectivity index (χ1n) is 2.49. The number of hydrogen-bond donors (Lipinski definition) is 0. The topological polar surface area (TPSA) is 17.1 Å². The Morgan fingerprint density at radius 2 is 2.12 bits per heavy atom.